The second-order valence-electron chi connectivity index (χ2n) is 7.97. The summed E-state index contributed by atoms with van der Waals surface area (Å²) in [6.45, 7) is 3.35. The van der Waals surface area contributed by atoms with Gasteiger partial charge in [0.05, 0.1) is 13.7 Å². The van der Waals surface area contributed by atoms with Gasteiger partial charge < -0.3 is 14.5 Å². The number of piperidine rings is 1. The summed E-state index contributed by atoms with van der Waals surface area (Å²) in [5.41, 5.74) is 2.92. The molecule has 3 heterocycles. The van der Waals surface area contributed by atoms with Gasteiger partial charge in [-0.3, -0.25) is 9.80 Å². The molecule has 2 aromatic carbocycles. The summed E-state index contributed by atoms with van der Waals surface area (Å²) < 4.78 is 11.2. The van der Waals surface area contributed by atoms with Crippen molar-refractivity contribution in [3.8, 4) is 5.75 Å². The Kier molecular flexibility index (Phi) is 4.43. The van der Waals surface area contributed by atoms with Gasteiger partial charge in [-0.1, -0.05) is 18.2 Å². The van der Waals surface area contributed by atoms with Crippen molar-refractivity contribution in [2.75, 3.05) is 31.6 Å². The van der Waals surface area contributed by atoms with Crippen molar-refractivity contribution in [1.29, 1.82) is 0 Å². The number of H-pyrrole nitrogens is 1. The quantitative estimate of drug-likeness (QED) is 0.725. The van der Waals surface area contributed by atoms with Gasteiger partial charge in [0, 0.05) is 61.3 Å². The Morgan fingerprint density at radius 3 is 2.69 bits per heavy atom. The average molecular weight is 391 g/mol. The van der Waals surface area contributed by atoms with Gasteiger partial charge in [0.2, 0.25) is 0 Å². The number of methoxy groups -OCH3 is 1. The molecule has 150 valence electrons. The van der Waals surface area contributed by atoms with Crippen LogP contribution in [0.25, 0.3) is 10.9 Å². The molecule has 6 nitrogen and oxygen atoms in total. The fourth-order valence-electron chi connectivity index (χ4n) is 4.47. The number of carbonyl (C=O) groups is 1. The first-order valence-corrected chi connectivity index (χ1v) is 10.1. The maximum absolute atomic E-state index is 12.5. The highest BCUT2D eigenvalue weighted by atomic mass is 16.6. The number of para-hydroxylation sites is 1. The molecule has 6 heteroatoms. The van der Waals surface area contributed by atoms with Crippen LogP contribution in [-0.4, -0.2) is 48.3 Å². The fourth-order valence-corrected chi connectivity index (χ4v) is 4.47. The summed E-state index contributed by atoms with van der Waals surface area (Å²) in [6.07, 6.45) is 3.58. The lowest BCUT2D eigenvalue weighted by Gasteiger charge is -2.37. The van der Waals surface area contributed by atoms with Gasteiger partial charge in [-0.25, -0.2) is 4.79 Å². The maximum Gasteiger partial charge on any atom is 0.415 e. The Labute approximate surface area is 170 Å². The second-order valence-corrected chi connectivity index (χ2v) is 7.97. The third-order valence-corrected chi connectivity index (χ3v) is 6.17. The molecule has 2 aliphatic heterocycles. The molecular formula is C23H25N3O3. The summed E-state index contributed by atoms with van der Waals surface area (Å²) in [6, 6.07) is 15.9. The molecule has 0 saturated carbocycles. The number of aromatic nitrogens is 1. The number of rotatable bonds is 4. The van der Waals surface area contributed by atoms with E-state index in [0.29, 0.717) is 6.54 Å². The Bertz CT molecular complexity index is 1020. The molecule has 3 aromatic rings. The number of fused-ring (bicyclic) bond motifs is 1. The molecule has 5 rings (SSSR count). The van der Waals surface area contributed by atoms with Crippen LogP contribution >= 0.6 is 0 Å². The van der Waals surface area contributed by atoms with Crippen LogP contribution in [0.2, 0.25) is 0 Å². The van der Waals surface area contributed by atoms with Crippen LogP contribution in [0.1, 0.15) is 18.4 Å². The summed E-state index contributed by atoms with van der Waals surface area (Å²) in [4.78, 5) is 20.0. The largest absolute Gasteiger partial charge is 0.497 e. The van der Waals surface area contributed by atoms with E-state index in [1.165, 1.54) is 10.9 Å². The van der Waals surface area contributed by atoms with E-state index >= 15 is 0 Å². The number of aromatic amines is 1. The molecule has 29 heavy (non-hydrogen) atoms. The summed E-state index contributed by atoms with van der Waals surface area (Å²) in [5.74, 6) is 0.858. The predicted molar refractivity (Wildman–Crippen MR) is 112 cm³/mol. The van der Waals surface area contributed by atoms with Crippen molar-refractivity contribution in [2.24, 2.45) is 0 Å². The zero-order valence-electron chi connectivity index (χ0n) is 16.6. The summed E-state index contributed by atoms with van der Waals surface area (Å²) >= 11 is 0. The van der Waals surface area contributed by atoms with E-state index in [1.807, 2.05) is 42.5 Å². The molecule has 2 aliphatic rings. The molecule has 1 spiro atoms. The fraction of sp³-hybridized carbons (Fsp3) is 0.348. The van der Waals surface area contributed by atoms with E-state index in [-0.39, 0.29) is 11.7 Å². The lowest BCUT2D eigenvalue weighted by atomic mass is 9.91. The van der Waals surface area contributed by atoms with Crippen molar-refractivity contribution >= 4 is 22.7 Å². The number of carbonyl (C=O) groups excluding carboxylic acids is 1. The minimum absolute atomic E-state index is 0.227. The molecular weight excluding hydrogens is 366 g/mol. The first-order valence-electron chi connectivity index (χ1n) is 10.1. The smallest absolute Gasteiger partial charge is 0.415 e. The third-order valence-electron chi connectivity index (χ3n) is 6.17. The van der Waals surface area contributed by atoms with Gasteiger partial charge in [-0.15, -0.1) is 0 Å². The van der Waals surface area contributed by atoms with E-state index in [2.05, 4.69) is 22.1 Å². The number of amides is 1. The topological polar surface area (TPSA) is 57.8 Å². The van der Waals surface area contributed by atoms with Crippen molar-refractivity contribution in [1.82, 2.24) is 9.88 Å². The molecule has 0 atom stereocenters. The molecule has 0 unspecified atom stereocenters. The maximum atomic E-state index is 12.5. The van der Waals surface area contributed by atoms with E-state index in [0.717, 1.165) is 49.4 Å². The Hall–Kier alpha value is -2.99. The highest BCUT2D eigenvalue weighted by Gasteiger charge is 2.47. The number of nitrogens with one attached hydrogen (secondary N) is 1. The predicted octanol–water partition coefficient (Wildman–Crippen LogP) is 4.17. The van der Waals surface area contributed by atoms with Gasteiger partial charge in [-0.2, -0.15) is 0 Å². The Morgan fingerprint density at radius 1 is 1.14 bits per heavy atom. The number of nitrogens with zero attached hydrogens (tertiary/aromatic N) is 2. The number of ether oxygens (including phenoxy) is 2. The number of hydrogen-bond donors (Lipinski definition) is 1. The van der Waals surface area contributed by atoms with Crippen molar-refractivity contribution < 1.29 is 14.3 Å². The number of hydrogen-bond acceptors (Lipinski definition) is 4. The highest BCUT2D eigenvalue weighted by molar-refractivity contribution is 5.90. The first kappa shape index (κ1) is 18.1. The van der Waals surface area contributed by atoms with Crippen LogP contribution in [0, 0.1) is 0 Å². The van der Waals surface area contributed by atoms with Crippen LogP contribution in [0.3, 0.4) is 0 Å². The lowest BCUT2D eigenvalue weighted by molar-refractivity contribution is -0.000878. The van der Waals surface area contributed by atoms with Crippen molar-refractivity contribution in [2.45, 2.75) is 25.0 Å². The van der Waals surface area contributed by atoms with E-state index in [4.69, 9.17) is 9.47 Å². The van der Waals surface area contributed by atoms with Gasteiger partial charge in [0.15, 0.2) is 0 Å². The minimum atomic E-state index is -0.364. The summed E-state index contributed by atoms with van der Waals surface area (Å²) in [7, 11) is 1.68. The average Bonchev–Trinajstić information content (AvgIpc) is 3.31. The van der Waals surface area contributed by atoms with E-state index < -0.39 is 0 Å². The Morgan fingerprint density at radius 2 is 1.93 bits per heavy atom. The Balaban J connectivity index is 1.25. The van der Waals surface area contributed by atoms with Gasteiger partial charge >= 0.3 is 6.09 Å². The van der Waals surface area contributed by atoms with Crippen LogP contribution in [0.5, 0.6) is 5.75 Å². The summed E-state index contributed by atoms with van der Waals surface area (Å²) in [5, 5.41) is 1.23. The van der Waals surface area contributed by atoms with Crippen LogP contribution in [0.4, 0.5) is 10.5 Å². The number of benzene rings is 2. The lowest BCUT2D eigenvalue weighted by Crippen LogP contribution is -2.46. The molecule has 2 fully saturated rings. The molecule has 1 aromatic heterocycles. The normalized spacial score (nSPS) is 19.1. The SMILES string of the molecule is COc1ccc2c(CN3CCC4(CC3)CN(c3ccccc3)C(=O)O4)c[nH]c2c1. The second kappa shape index (κ2) is 7.12. The van der Waals surface area contributed by atoms with Gasteiger partial charge in [0.25, 0.3) is 0 Å². The standard InChI is InChI=1S/C23H25N3O3/c1-28-19-7-8-20-17(14-24-21(20)13-19)15-25-11-9-23(10-12-25)16-26(22(27)29-23)18-5-3-2-4-6-18/h2-8,13-14,24H,9-12,15-16H2,1H3. The molecule has 2 saturated heterocycles. The molecule has 0 aliphatic carbocycles. The molecule has 0 radical (unpaired) electrons. The molecule has 1 N–H and O–H groups in total. The zero-order valence-corrected chi connectivity index (χ0v) is 16.6. The van der Waals surface area contributed by atoms with Gasteiger partial charge in [-0.05, 0) is 29.8 Å². The van der Waals surface area contributed by atoms with Crippen molar-refractivity contribution in [3.63, 3.8) is 0 Å². The zero-order chi connectivity index (χ0) is 19.8. The number of likely N-dealkylation sites (tertiary alicyclic amines) is 1. The van der Waals surface area contributed by atoms with Crippen molar-refractivity contribution in [3.05, 3.63) is 60.3 Å². The van der Waals surface area contributed by atoms with E-state index in [1.54, 1.807) is 12.0 Å². The number of anilines is 1. The molecule has 0 bridgehead atoms. The van der Waals surface area contributed by atoms with Gasteiger partial charge in [0.1, 0.15) is 11.4 Å². The van der Waals surface area contributed by atoms with Crippen LogP contribution < -0.4 is 9.64 Å². The first-order chi connectivity index (χ1) is 14.2. The highest BCUT2D eigenvalue weighted by Crippen LogP contribution is 2.36. The third kappa shape index (κ3) is 3.34. The van der Waals surface area contributed by atoms with E-state index in [9.17, 15) is 4.79 Å². The molecule has 1 amide bonds. The minimum Gasteiger partial charge on any atom is -0.497 e. The van der Waals surface area contributed by atoms with Crippen LogP contribution in [-0.2, 0) is 11.3 Å². The monoisotopic (exact) mass is 391 g/mol. The van der Waals surface area contributed by atoms with Crippen LogP contribution in [0.15, 0.2) is 54.7 Å².